The molecule has 7 heteroatoms. The number of sulfonamides is 1. The van der Waals surface area contributed by atoms with Gasteiger partial charge in [-0.25, -0.2) is 8.42 Å². The molecule has 112 valence electrons. The number of alkyl halides is 1. The number of methoxy groups -OCH3 is 1. The summed E-state index contributed by atoms with van der Waals surface area (Å²) in [4.78, 5) is 0.251. The van der Waals surface area contributed by atoms with E-state index in [0.717, 1.165) is 0 Å². The van der Waals surface area contributed by atoms with Crippen LogP contribution in [0.2, 0.25) is 0 Å². The molecule has 20 heavy (non-hydrogen) atoms. The number of benzene rings is 1. The molecule has 0 bridgehead atoms. The highest BCUT2D eigenvalue weighted by Gasteiger charge is 2.33. The topological polar surface area (TPSA) is 55.8 Å². The number of hydrogen-bond acceptors (Lipinski definition) is 4. The van der Waals surface area contributed by atoms with Gasteiger partial charge in [-0.15, -0.1) is 11.6 Å². The van der Waals surface area contributed by atoms with Gasteiger partial charge in [-0.1, -0.05) is 0 Å². The number of nitrogens with zero attached hydrogens (tertiary/aromatic N) is 1. The van der Waals surface area contributed by atoms with Crippen molar-refractivity contribution in [2.45, 2.75) is 24.0 Å². The minimum Gasteiger partial charge on any atom is -0.497 e. The van der Waals surface area contributed by atoms with Crippen molar-refractivity contribution in [1.29, 1.82) is 0 Å². The van der Waals surface area contributed by atoms with Gasteiger partial charge in [-0.05, 0) is 31.2 Å². The highest BCUT2D eigenvalue weighted by molar-refractivity contribution is 7.89. The molecule has 1 aromatic carbocycles. The third-order valence-corrected chi connectivity index (χ3v) is 5.35. The highest BCUT2D eigenvalue weighted by atomic mass is 35.5. The second-order valence-corrected chi connectivity index (χ2v) is 6.97. The van der Waals surface area contributed by atoms with E-state index in [2.05, 4.69) is 0 Å². The average Bonchev–Trinajstić information content (AvgIpc) is 2.46. The Balaban J connectivity index is 2.24. The van der Waals surface area contributed by atoms with E-state index in [4.69, 9.17) is 21.1 Å². The maximum absolute atomic E-state index is 12.6. The monoisotopic (exact) mass is 319 g/mol. The molecule has 1 aromatic rings. The fourth-order valence-corrected chi connectivity index (χ4v) is 3.90. The van der Waals surface area contributed by atoms with E-state index in [1.807, 2.05) is 6.92 Å². The maximum Gasteiger partial charge on any atom is 0.243 e. The number of ether oxygens (including phenoxy) is 2. The summed E-state index contributed by atoms with van der Waals surface area (Å²) in [7, 11) is -1.98. The van der Waals surface area contributed by atoms with E-state index in [-0.39, 0.29) is 29.5 Å². The van der Waals surface area contributed by atoms with Gasteiger partial charge in [0.25, 0.3) is 0 Å². The molecule has 1 fully saturated rings. The third-order valence-electron chi connectivity index (χ3n) is 3.16. The standard InChI is InChI=1S/C13H18ClNO4S/c1-10-8-15(9-12(7-14)19-10)20(16,17)13-5-3-11(18-2)4-6-13/h3-6,10,12H,7-9H2,1-2H3. The van der Waals surface area contributed by atoms with Gasteiger partial charge in [0.2, 0.25) is 10.0 Å². The van der Waals surface area contributed by atoms with Crippen molar-refractivity contribution in [2.75, 3.05) is 26.1 Å². The van der Waals surface area contributed by atoms with Crippen LogP contribution in [-0.2, 0) is 14.8 Å². The quantitative estimate of drug-likeness (QED) is 0.793. The largest absolute Gasteiger partial charge is 0.497 e. The number of rotatable bonds is 4. The molecule has 0 spiro atoms. The average molecular weight is 320 g/mol. The molecular weight excluding hydrogens is 302 g/mol. The second kappa shape index (κ2) is 6.30. The lowest BCUT2D eigenvalue weighted by molar-refractivity contribution is -0.0423. The van der Waals surface area contributed by atoms with E-state index < -0.39 is 10.0 Å². The molecule has 0 radical (unpaired) electrons. The molecule has 2 atom stereocenters. The number of hydrogen-bond donors (Lipinski definition) is 0. The van der Waals surface area contributed by atoms with E-state index in [1.54, 1.807) is 24.3 Å². The van der Waals surface area contributed by atoms with Crippen LogP contribution in [0, 0.1) is 0 Å². The summed E-state index contributed by atoms with van der Waals surface area (Å²) in [5.41, 5.74) is 0. The van der Waals surface area contributed by atoms with Crippen molar-refractivity contribution in [1.82, 2.24) is 4.31 Å². The van der Waals surface area contributed by atoms with Crippen molar-refractivity contribution in [3.63, 3.8) is 0 Å². The van der Waals surface area contributed by atoms with Gasteiger partial charge >= 0.3 is 0 Å². The lowest BCUT2D eigenvalue weighted by Gasteiger charge is -2.35. The minimum absolute atomic E-state index is 0.166. The molecular formula is C13H18ClNO4S. The van der Waals surface area contributed by atoms with Crippen LogP contribution < -0.4 is 4.74 Å². The highest BCUT2D eigenvalue weighted by Crippen LogP contribution is 2.23. The van der Waals surface area contributed by atoms with Gasteiger partial charge in [0.05, 0.1) is 24.2 Å². The summed E-state index contributed by atoms with van der Waals surface area (Å²) in [5, 5.41) is 0. The molecule has 0 aliphatic carbocycles. The molecule has 2 rings (SSSR count). The third kappa shape index (κ3) is 3.25. The first-order valence-electron chi connectivity index (χ1n) is 6.33. The van der Waals surface area contributed by atoms with Crippen LogP contribution in [-0.4, -0.2) is 51.0 Å². The predicted molar refractivity (Wildman–Crippen MR) is 76.8 cm³/mol. The van der Waals surface area contributed by atoms with Crippen LogP contribution in [0.5, 0.6) is 5.75 Å². The summed E-state index contributed by atoms with van der Waals surface area (Å²) in [6, 6.07) is 6.36. The van der Waals surface area contributed by atoms with Crippen molar-refractivity contribution in [3.05, 3.63) is 24.3 Å². The molecule has 1 aliphatic heterocycles. The zero-order valence-corrected chi connectivity index (χ0v) is 13.0. The summed E-state index contributed by atoms with van der Waals surface area (Å²) >= 11 is 5.78. The fourth-order valence-electron chi connectivity index (χ4n) is 2.18. The van der Waals surface area contributed by atoms with Gasteiger partial charge in [0, 0.05) is 19.0 Å². The Kier molecular flexibility index (Phi) is 4.90. The molecule has 2 unspecified atom stereocenters. The lowest BCUT2D eigenvalue weighted by Crippen LogP contribution is -2.49. The molecule has 0 aromatic heterocycles. The summed E-state index contributed by atoms with van der Waals surface area (Å²) in [5.74, 6) is 0.900. The number of morpholine rings is 1. The van der Waals surface area contributed by atoms with Crippen LogP contribution in [0.4, 0.5) is 0 Å². The lowest BCUT2D eigenvalue weighted by atomic mass is 10.3. The Bertz CT molecular complexity index is 546. The predicted octanol–water partition coefficient (Wildman–Crippen LogP) is 1.71. The molecule has 1 heterocycles. The van der Waals surface area contributed by atoms with Crippen molar-refractivity contribution in [2.24, 2.45) is 0 Å². The van der Waals surface area contributed by atoms with Gasteiger partial charge < -0.3 is 9.47 Å². The second-order valence-electron chi connectivity index (χ2n) is 4.72. The van der Waals surface area contributed by atoms with E-state index >= 15 is 0 Å². The number of halogens is 1. The maximum atomic E-state index is 12.6. The van der Waals surface area contributed by atoms with Crippen LogP contribution in [0.1, 0.15) is 6.92 Å². The fraction of sp³-hybridized carbons (Fsp3) is 0.538. The summed E-state index contributed by atoms with van der Waals surface area (Å²) < 4.78 is 37.2. The Morgan fingerprint density at radius 1 is 1.35 bits per heavy atom. The van der Waals surface area contributed by atoms with Gasteiger partial charge in [0.15, 0.2) is 0 Å². The van der Waals surface area contributed by atoms with E-state index in [0.29, 0.717) is 12.3 Å². The first-order chi connectivity index (χ1) is 9.47. The van der Waals surface area contributed by atoms with Crippen molar-refractivity contribution < 1.29 is 17.9 Å². The van der Waals surface area contributed by atoms with Crippen molar-refractivity contribution >= 4 is 21.6 Å². The zero-order chi connectivity index (χ0) is 14.8. The Labute approximate surface area is 124 Å². The summed E-state index contributed by atoms with van der Waals surface area (Å²) in [6.45, 7) is 2.46. The van der Waals surface area contributed by atoms with Crippen LogP contribution in [0.25, 0.3) is 0 Å². The van der Waals surface area contributed by atoms with Gasteiger partial charge in [-0.3, -0.25) is 0 Å². The Morgan fingerprint density at radius 2 is 2.00 bits per heavy atom. The van der Waals surface area contributed by atoms with Crippen LogP contribution >= 0.6 is 11.6 Å². The molecule has 5 nitrogen and oxygen atoms in total. The van der Waals surface area contributed by atoms with E-state index in [1.165, 1.54) is 11.4 Å². The van der Waals surface area contributed by atoms with E-state index in [9.17, 15) is 8.42 Å². The first-order valence-corrected chi connectivity index (χ1v) is 8.30. The van der Waals surface area contributed by atoms with Gasteiger partial charge in [0.1, 0.15) is 5.75 Å². The SMILES string of the molecule is COc1ccc(S(=O)(=O)N2CC(C)OC(CCl)C2)cc1. The Hall–Kier alpha value is -0.820. The van der Waals surface area contributed by atoms with Crippen LogP contribution in [0.15, 0.2) is 29.2 Å². The van der Waals surface area contributed by atoms with Crippen LogP contribution in [0.3, 0.4) is 0 Å². The Morgan fingerprint density at radius 3 is 2.55 bits per heavy atom. The minimum atomic E-state index is -3.52. The molecule has 0 amide bonds. The summed E-state index contributed by atoms with van der Waals surface area (Å²) in [6.07, 6.45) is -0.436. The normalized spacial score (nSPS) is 24.6. The smallest absolute Gasteiger partial charge is 0.243 e. The molecule has 0 N–H and O–H groups in total. The first kappa shape index (κ1) is 15.6. The van der Waals surface area contributed by atoms with Gasteiger partial charge in [-0.2, -0.15) is 4.31 Å². The zero-order valence-electron chi connectivity index (χ0n) is 11.5. The molecule has 1 aliphatic rings. The van der Waals surface area contributed by atoms with Crippen molar-refractivity contribution in [3.8, 4) is 5.75 Å². The molecule has 0 saturated carbocycles. The molecule has 1 saturated heterocycles.